The van der Waals surface area contributed by atoms with Crippen LogP contribution < -0.4 is 5.32 Å². The molecule has 1 fully saturated rings. The Labute approximate surface area is 135 Å². The summed E-state index contributed by atoms with van der Waals surface area (Å²) in [6.45, 7) is 4.79. The fourth-order valence-corrected chi connectivity index (χ4v) is 2.78. The zero-order valence-electron chi connectivity index (χ0n) is 12.9. The SMILES string of the molecule is CCOCCC1(CNC(=NC)N(C)C)CCCC1.I. The number of hydrogen-bond donors (Lipinski definition) is 1. The van der Waals surface area contributed by atoms with Crippen molar-refractivity contribution in [1.29, 1.82) is 0 Å². The van der Waals surface area contributed by atoms with Gasteiger partial charge in [-0.15, -0.1) is 24.0 Å². The molecule has 0 saturated heterocycles. The Morgan fingerprint density at radius 2 is 1.95 bits per heavy atom. The number of hydrogen-bond acceptors (Lipinski definition) is 2. The highest BCUT2D eigenvalue weighted by atomic mass is 127. The molecule has 1 aliphatic carbocycles. The van der Waals surface area contributed by atoms with Gasteiger partial charge in [0, 0.05) is 40.9 Å². The van der Waals surface area contributed by atoms with E-state index in [1.165, 1.54) is 25.7 Å². The lowest BCUT2D eigenvalue weighted by Gasteiger charge is -2.31. The first-order valence-corrected chi connectivity index (χ1v) is 7.09. The summed E-state index contributed by atoms with van der Waals surface area (Å²) in [5, 5.41) is 3.50. The number of aliphatic imine (C=N–C) groups is 1. The maximum atomic E-state index is 5.53. The molecule has 1 rings (SSSR count). The Morgan fingerprint density at radius 3 is 2.42 bits per heavy atom. The van der Waals surface area contributed by atoms with Crippen LogP contribution in [0.15, 0.2) is 4.99 Å². The van der Waals surface area contributed by atoms with E-state index in [9.17, 15) is 0 Å². The lowest BCUT2D eigenvalue weighted by molar-refractivity contribution is 0.104. The first kappa shape index (κ1) is 19.0. The van der Waals surface area contributed by atoms with Gasteiger partial charge in [0.25, 0.3) is 0 Å². The molecule has 0 aliphatic heterocycles. The second-order valence-electron chi connectivity index (χ2n) is 5.45. The fraction of sp³-hybridized carbons (Fsp3) is 0.929. The minimum atomic E-state index is 0. The molecule has 0 amide bonds. The summed E-state index contributed by atoms with van der Waals surface area (Å²) in [4.78, 5) is 6.31. The highest BCUT2D eigenvalue weighted by molar-refractivity contribution is 14.0. The molecule has 19 heavy (non-hydrogen) atoms. The van der Waals surface area contributed by atoms with Gasteiger partial charge in [0.2, 0.25) is 0 Å². The van der Waals surface area contributed by atoms with Gasteiger partial charge in [-0.05, 0) is 31.6 Å². The van der Waals surface area contributed by atoms with Crippen molar-refractivity contribution in [3.63, 3.8) is 0 Å². The Hall–Kier alpha value is -0.0400. The van der Waals surface area contributed by atoms with E-state index in [-0.39, 0.29) is 24.0 Å². The Morgan fingerprint density at radius 1 is 1.32 bits per heavy atom. The molecule has 0 unspecified atom stereocenters. The van der Waals surface area contributed by atoms with Gasteiger partial charge in [0.05, 0.1) is 0 Å². The van der Waals surface area contributed by atoms with E-state index in [2.05, 4.69) is 17.2 Å². The molecule has 1 N–H and O–H groups in total. The van der Waals surface area contributed by atoms with Crippen LogP contribution in [0.2, 0.25) is 0 Å². The number of halogens is 1. The quantitative estimate of drug-likeness (QED) is 0.332. The van der Waals surface area contributed by atoms with Crippen LogP contribution >= 0.6 is 24.0 Å². The van der Waals surface area contributed by atoms with Gasteiger partial charge in [-0.25, -0.2) is 0 Å². The molecule has 0 aromatic rings. The van der Waals surface area contributed by atoms with Crippen LogP contribution in [0.5, 0.6) is 0 Å². The molecule has 1 aliphatic rings. The number of nitrogens with one attached hydrogen (secondary N) is 1. The predicted molar refractivity (Wildman–Crippen MR) is 92.5 cm³/mol. The van der Waals surface area contributed by atoms with Crippen LogP contribution in [0.4, 0.5) is 0 Å². The van der Waals surface area contributed by atoms with Crippen molar-refractivity contribution in [3.8, 4) is 0 Å². The zero-order valence-corrected chi connectivity index (χ0v) is 15.2. The van der Waals surface area contributed by atoms with Crippen molar-refractivity contribution < 1.29 is 4.74 Å². The number of ether oxygens (including phenoxy) is 1. The fourth-order valence-electron chi connectivity index (χ4n) is 2.78. The van der Waals surface area contributed by atoms with Crippen LogP contribution in [-0.4, -0.2) is 51.8 Å². The summed E-state index contributed by atoms with van der Waals surface area (Å²) < 4.78 is 5.53. The highest BCUT2D eigenvalue weighted by Gasteiger charge is 2.33. The van der Waals surface area contributed by atoms with Gasteiger partial charge in [0.1, 0.15) is 0 Å². The Kier molecular flexibility index (Phi) is 9.78. The minimum absolute atomic E-state index is 0. The lowest BCUT2D eigenvalue weighted by atomic mass is 9.83. The molecular formula is C14H30IN3O. The number of nitrogens with zero attached hydrogens (tertiary/aromatic N) is 2. The van der Waals surface area contributed by atoms with Crippen molar-refractivity contribution in [2.24, 2.45) is 10.4 Å². The second-order valence-corrected chi connectivity index (χ2v) is 5.45. The summed E-state index contributed by atoms with van der Waals surface area (Å²) in [5.41, 5.74) is 0.418. The number of rotatable bonds is 6. The zero-order chi connectivity index (χ0) is 13.4. The molecule has 4 nitrogen and oxygen atoms in total. The first-order chi connectivity index (χ1) is 8.63. The van der Waals surface area contributed by atoms with Crippen molar-refractivity contribution in [1.82, 2.24) is 10.2 Å². The molecule has 0 bridgehead atoms. The van der Waals surface area contributed by atoms with Crippen LogP contribution in [0, 0.1) is 5.41 Å². The van der Waals surface area contributed by atoms with E-state index in [1.54, 1.807) is 0 Å². The van der Waals surface area contributed by atoms with Crippen LogP contribution in [0.3, 0.4) is 0 Å². The monoisotopic (exact) mass is 383 g/mol. The van der Waals surface area contributed by atoms with Crippen LogP contribution in [0.1, 0.15) is 39.0 Å². The molecule has 114 valence electrons. The summed E-state index contributed by atoms with van der Waals surface area (Å²) in [6, 6.07) is 0. The van der Waals surface area contributed by atoms with Crippen LogP contribution in [0.25, 0.3) is 0 Å². The maximum Gasteiger partial charge on any atom is 0.193 e. The molecule has 1 saturated carbocycles. The third kappa shape index (κ3) is 6.29. The summed E-state index contributed by atoms with van der Waals surface area (Å²) >= 11 is 0. The highest BCUT2D eigenvalue weighted by Crippen LogP contribution is 2.40. The topological polar surface area (TPSA) is 36.9 Å². The standard InChI is InChI=1S/C14H29N3O.HI/c1-5-18-11-10-14(8-6-7-9-14)12-16-13(15-2)17(3)4;/h5-12H2,1-4H3,(H,15,16);1H. The Bertz CT molecular complexity index is 263. The molecule has 0 atom stereocenters. The van der Waals surface area contributed by atoms with Gasteiger partial charge < -0.3 is 15.0 Å². The molecule has 5 heteroatoms. The maximum absolute atomic E-state index is 5.53. The minimum Gasteiger partial charge on any atom is -0.382 e. The average Bonchev–Trinajstić information content (AvgIpc) is 2.79. The largest absolute Gasteiger partial charge is 0.382 e. The predicted octanol–water partition coefficient (Wildman–Crippen LogP) is 2.73. The molecular weight excluding hydrogens is 353 g/mol. The summed E-state index contributed by atoms with van der Waals surface area (Å²) in [5.74, 6) is 0.970. The first-order valence-electron chi connectivity index (χ1n) is 7.09. The summed E-state index contributed by atoms with van der Waals surface area (Å²) in [7, 11) is 5.89. The van der Waals surface area contributed by atoms with E-state index >= 15 is 0 Å². The van der Waals surface area contributed by atoms with Gasteiger partial charge >= 0.3 is 0 Å². The van der Waals surface area contributed by atoms with Crippen molar-refractivity contribution >= 4 is 29.9 Å². The van der Waals surface area contributed by atoms with E-state index in [4.69, 9.17) is 4.74 Å². The van der Waals surface area contributed by atoms with Crippen molar-refractivity contribution in [2.45, 2.75) is 39.0 Å². The Balaban J connectivity index is 0.00000324. The average molecular weight is 383 g/mol. The molecule has 0 aromatic carbocycles. The van der Waals surface area contributed by atoms with Crippen molar-refractivity contribution in [2.75, 3.05) is 40.9 Å². The second kappa shape index (κ2) is 9.80. The molecule has 0 heterocycles. The van der Waals surface area contributed by atoms with Gasteiger partial charge in [0.15, 0.2) is 5.96 Å². The van der Waals surface area contributed by atoms with E-state index in [0.717, 1.165) is 32.1 Å². The van der Waals surface area contributed by atoms with Gasteiger partial charge in [-0.1, -0.05) is 12.8 Å². The van der Waals surface area contributed by atoms with Gasteiger partial charge in [-0.3, -0.25) is 4.99 Å². The van der Waals surface area contributed by atoms with E-state index in [0.29, 0.717) is 5.41 Å². The molecule has 0 spiro atoms. The normalized spacial score (nSPS) is 18.0. The van der Waals surface area contributed by atoms with Gasteiger partial charge in [-0.2, -0.15) is 0 Å². The molecule has 0 radical (unpaired) electrons. The number of guanidine groups is 1. The lowest BCUT2D eigenvalue weighted by Crippen LogP contribution is -2.42. The van der Waals surface area contributed by atoms with Crippen molar-refractivity contribution in [3.05, 3.63) is 0 Å². The third-order valence-electron chi connectivity index (χ3n) is 3.90. The van der Waals surface area contributed by atoms with Crippen LogP contribution in [-0.2, 0) is 4.74 Å². The summed E-state index contributed by atoms with van der Waals surface area (Å²) in [6.07, 6.45) is 6.51. The smallest absolute Gasteiger partial charge is 0.193 e. The van der Waals surface area contributed by atoms with E-state index < -0.39 is 0 Å². The third-order valence-corrected chi connectivity index (χ3v) is 3.90. The molecule has 0 aromatic heterocycles. The van der Waals surface area contributed by atoms with E-state index in [1.807, 2.05) is 26.0 Å².